The van der Waals surface area contributed by atoms with E-state index in [0.29, 0.717) is 12.3 Å². The first-order valence-corrected chi connectivity index (χ1v) is 6.34. The number of hydrogen-bond donors (Lipinski definition) is 1. The van der Waals surface area contributed by atoms with Crippen LogP contribution in [-0.2, 0) is 11.2 Å². The Hall–Kier alpha value is -1.31. The van der Waals surface area contributed by atoms with Crippen molar-refractivity contribution in [2.24, 2.45) is 0 Å². The van der Waals surface area contributed by atoms with Crippen molar-refractivity contribution < 1.29 is 6.22 Å². The van der Waals surface area contributed by atoms with Crippen LogP contribution in [0.15, 0.2) is 18.2 Å². The van der Waals surface area contributed by atoms with E-state index in [1.807, 2.05) is 20.8 Å². The van der Waals surface area contributed by atoms with E-state index >= 15 is 0 Å². The predicted octanol–water partition coefficient (Wildman–Crippen LogP) is 3.68. The number of carbonyl (C=O) groups is 1. The van der Waals surface area contributed by atoms with Crippen molar-refractivity contribution in [1.82, 2.24) is 5.32 Å². The molecule has 0 bridgehead atoms. The van der Waals surface area contributed by atoms with Crippen molar-refractivity contribution in [3.8, 4) is 0 Å². The smallest absolute Gasteiger partial charge is 0.224 e. The van der Waals surface area contributed by atoms with Crippen LogP contribution in [0.3, 0.4) is 0 Å². The average molecular weight is 237 g/mol. The first-order valence-electron chi connectivity index (χ1n) is 6.34. The number of hydrogen-bond acceptors (Lipinski definition) is 1. The van der Waals surface area contributed by atoms with E-state index in [1.54, 1.807) is 7.05 Å². The van der Waals surface area contributed by atoms with Crippen molar-refractivity contribution >= 4 is 5.91 Å². The van der Waals surface area contributed by atoms with Gasteiger partial charge in [0.2, 0.25) is 5.91 Å². The van der Waals surface area contributed by atoms with Gasteiger partial charge in [-0.25, -0.2) is 0 Å². The maximum Gasteiger partial charge on any atom is 0.224 e. The lowest BCUT2D eigenvalue weighted by Crippen LogP contribution is -2.20. The molecule has 1 N–H and O–H groups in total. The molecule has 0 atom stereocenters. The lowest BCUT2D eigenvalue weighted by Gasteiger charge is -2.10. The van der Waals surface area contributed by atoms with Crippen LogP contribution in [0.5, 0.6) is 0 Å². The zero-order valence-electron chi connectivity index (χ0n) is 11.9. The Morgan fingerprint density at radius 1 is 1.35 bits per heavy atom. The highest BCUT2D eigenvalue weighted by Crippen LogP contribution is 2.18. The molecule has 1 amide bonds. The fourth-order valence-corrected chi connectivity index (χ4v) is 1.50. The molecule has 0 saturated carbocycles. The quantitative estimate of drug-likeness (QED) is 0.853. The molecule has 2 heteroatoms. The maximum atomic E-state index is 11.3. The summed E-state index contributed by atoms with van der Waals surface area (Å²) in [5.74, 6) is 0.577. The van der Waals surface area contributed by atoms with Crippen LogP contribution >= 0.6 is 0 Å². The van der Waals surface area contributed by atoms with Gasteiger partial charge in [0, 0.05) is 8.47 Å². The SMILES string of the molecule is CC.CNC(=O)Cc1cc(C(C)C)ccc1C.[HH]. The van der Waals surface area contributed by atoms with Gasteiger partial charge in [0.05, 0.1) is 6.42 Å². The van der Waals surface area contributed by atoms with E-state index in [-0.39, 0.29) is 7.33 Å². The molecule has 0 aliphatic heterocycles. The highest BCUT2D eigenvalue weighted by molar-refractivity contribution is 5.78. The molecule has 0 aliphatic rings. The summed E-state index contributed by atoms with van der Waals surface area (Å²) in [7, 11) is 1.67. The van der Waals surface area contributed by atoms with E-state index in [0.717, 1.165) is 5.56 Å². The fourth-order valence-electron chi connectivity index (χ4n) is 1.50. The molecular formula is C15H27NO. The molecule has 0 fully saturated rings. The highest BCUT2D eigenvalue weighted by Gasteiger charge is 2.06. The second-order valence-corrected chi connectivity index (χ2v) is 4.19. The van der Waals surface area contributed by atoms with E-state index in [2.05, 4.69) is 37.4 Å². The second-order valence-electron chi connectivity index (χ2n) is 4.19. The largest absolute Gasteiger partial charge is 0.359 e. The molecule has 0 saturated heterocycles. The second kappa shape index (κ2) is 7.88. The minimum absolute atomic E-state index is 0. The van der Waals surface area contributed by atoms with Crippen molar-refractivity contribution in [2.75, 3.05) is 7.05 Å². The van der Waals surface area contributed by atoms with Crippen LogP contribution in [0.2, 0.25) is 0 Å². The Morgan fingerprint density at radius 2 is 1.94 bits per heavy atom. The minimum atomic E-state index is 0. The van der Waals surface area contributed by atoms with Gasteiger partial charge in [-0.2, -0.15) is 0 Å². The molecule has 0 spiro atoms. The molecule has 1 aromatic carbocycles. The minimum Gasteiger partial charge on any atom is -0.359 e. The molecule has 1 rings (SSSR count). The Labute approximate surface area is 107 Å². The number of benzene rings is 1. The molecule has 0 heterocycles. The van der Waals surface area contributed by atoms with Crippen molar-refractivity contribution in [1.29, 1.82) is 0 Å². The summed E-state index contributed by atoms with van der Waals surface area (Å²) in [4.78, 5) is 11.3. The Balaban J connectivity index is 0. The highest BCUT2D eigenvalue weighted by atomic mass is 16.1. The van der Waals surface area contributed by atoms with Gasteiger partial charge < -0.3 is 5.32 Å². The van der Waals surface area contributed by atoms with E-state index in [9.17, 15) is 4.79 Å². The van der Waals surface area contributed by atoms with Crippen LogP contribution in [-0.4, -0.2) is 13.0 Å². The zero-order valence-corrected chi connectivity index (χ0v) is 11.9. The summed E-state index contributed by atoms with van der Waals surface area (Å²) in [5.41, 5.74) is 3.60. The standard InChI is InChI=1S/C13H19NO.C2H6.H2/c1-9(2)11-6-5-10(3)12(7-11)8-13(15)14-4;1-2;/h5-7,9H,8H2,1-4H3,(H,14,15);1-2H3;1H. The summed E-state index contributed by atoms with van der Waals surface area (Å²) in [5, 5.41) is 2.65. The number of nitrogens with one attached hydrogen (secondary N) is 1. The van der Waals surface area contributed by atoms with Gasteiger partial charge in [0.15, 0.2) is 0 Å². The zero-order chi connectivity index (χ0) is 13.4. The van der Waals surface area contributed by atoms with Crippen LogP contribution in [0, 0.1) is 6.92 Å². The molecule has 1 aromatic rings. The Kier molecular flexibility index (Phi) is 7.27. The molecular weight excluding hydrogens is 210 g/mol. The number of amides is 1. The normalized spacial score (nSPS) is 9.59. The van der Waals surface area contributed by atoms with E-state index in [4.69, 9.17) is 0 Å². The van der Waals surface area contributed by atoms with Gasteiger partial charge in [-0.05, 0) is 29.5 Å². The Bertz CT molecular complexity index is 362. The number of aryl methyl sites for hydroxylation is 1. The number of likely N-dealkylation sites (N-methyl/N-ethyl adjacent to an activating group) is 1. The van der Waals surface area contributed by atoms with E-state index < -0.39 is 0 Å². The maximum absolute atomic E-state index is 11.3. The van der Waals surface area contributed by atoms with Crippen LogP contribution in [0.25, 0.3) is 0 Å². The van der Waals surface area contributed by atoms with Crippen molar-refractivity contribution in [3.05, 3.63) is 34.9 Å². The van der Waals surface area contributed by atoms with Gasteiger partial charge in [-0.3, -0.25) is 4.79 Å². The lowest BCUT2D eigenvalue weighted by molar-refractivity contribution is -0.119. The van der Waals surface area contributed by atoms with E-state index in [1.165, 1.54) is 11.1 Å². The fraction of sp³-hybridized carbons (Fsp3) is 0.533. The Morgan fingerprint density at radius 3 is 2.41 bits per heavy atom. The summed E-state index contributed by atoms with van der Waals surface area (Å²) in [6.07, 6.45) is 0.475. The first-order chi connectivity index (χ1) is 8.04. The summed E-state index contributed by atoms with van der Waals surface area (Å²) >= 11 is 0. The molecule has 0 aromatic heterocycles. The molecule has 17 heavy (non-hydrogen) atoms. The number of carbonyl (C=O) groups excluding carboxylic acids is 1. The van der Waals surface area contributed by atoms with Gasteiger partial charge in [-0.1, -0.05) is 45.9 Å². The molecule has 0 aliphatic carbocycles. The van der Waals surface area contributed by atoms with Gasteiger partial charge in [0.25, 0.3) is 0 Å². The van der Waals surface area contributed by atoms with Crippen LogP contribution in [0.1, 0.15) is 51.7 Å². The summed E-state index contributed by atoms with van der Waals surface area (Å²) in [6, 6.07) is 6.36. The third-order valence-corrected chi connectivity index (χ3v) is 2.67. The predicted molar refractivity (Wildman–Crippen MR) is 76.5 cm³/mol. The topological polar surface area (TPSA) is 29.1 Å². The third kappa shape index (κ3) is 5.03. The third-order valence-electron chi connectivity index (χ3n) is 2.67. The van der Waals surface area contributed by atoms with Crippen LogP contribution < -0.4 is 5.32 Å². The molecule has 0 radical (unpaired) electrons. The number of rotatable bonds is 3. The summed E-state index contributed by atoms with van der Waals surface area (Å²) < 4.78 is 0. The monoisotopic (exact) mass is 237 g/mol. The van der Waals surface area contributed by atoms with Crippen molar-refractivity contribution in [3.63, 3.8) is 0 Å². The van der Waals surface area contributed by atoms with Gasteiger partial charge >= 0.3 is 0 Å². The van der Waals surface area contributed by atoms with Gasteiger partial charge in [-0.15, -0.1) is 0 Å². The molecule has 2 nitrogen and oxygen atoms in total. The molecule has 98 valence electrons. The molecule has 0 unspecified atom stereocenters. The van der Waals surface area contributed by atoms with Crippen molar-refractivity contribution in [2.45, 2.75) is 47.0 Å². The average Bonchev–Trinajstić information content (AvgIpc) is 2.34. The first kappa shape index (κ1) is 15.7. The lowest BCUT2D eigenvalue weighted by atomic mass is 9.96. The summed E-state index contributed by atoms with van der Waals surface area (Å²) in [6.45, 7) is 10.4. The van der Waals surface area contributed by atoms with Crippen LogP contribution in [0.4, 0.5) is 0 Å². The van der Waals surface area contributed by atoms with Gasteiger partial charge in [0.1, 0.15) is 0 Å².